The highest BCUT2D eigenvalue weighted by Gasteiger charge is 2.05. The fraction of sp³-hybridized carbons (Fsp3) is 0.500. The van der Waals surface area contributed by atoms with Crippen LogP contribution in [0.4, 0.5) is 4.79 Å². The number of rotatable bonds is 6. The summed E-state index contributed by atoms with van der Waals surface area (Å²) in [5, 5.41) is 5.61. The molecule has 0 unspecified atom stereocenters. The summed E-state index contributed by atoms with van der Waals surface area (Å²) in [5.41, 5.74) is 2.24. The van der Waals surface area contributed by atoms with Crippen LogP contribution in [0.15, 0.2) is 18.2 Å². The summed E-state index contributed by atoms with van der Waals surface area (Å²) >= 11 is 0. The zero-order valence-electron chi connectivity index (χ0n) is 11.4. The minimum absolute atomic E-state index is 0.138. The molecule has 0 aliphatic heterocycles. The normalized spacial score (nSPS) is 9.94. The summed E-state index contributed by atoms with van der Waals surface area (Å²) in [6.45, 7) is 5.30. The van der Waals surface area contributed by atoms with E-state index in [0.717, 1.165) is 24.2 Å². The maximum Gasteiger partial charge on any atom is 0.315 e. The van der Waals surface area contributed by atoms with Crippen LogP contribution in [-0.2, 0) is 13.0 Å². The number of hydrogen-bond acceptors (Lipinski definition) is 2. The first-order valence-corrected chi connectivity index (χ1v) is 6.38. The number of ether oxygens (including phenoxy) is 1. The third kappa shape index (κ3) is 4.28. The Kier molecular flexibility index (Phi) is 6.05. The molecule has 4 nitrogen and oxygen atoms in total. The van der Waals surface area contributed by atoms with E-state index in [0.29, 0.717) is 13.1 Å². The van der Waals surface area contributed by atoms with Gasteiger partial charge in [-0.3, -0.25) is 0 Å². The second-order valence-corrected chi connectivity index (χ2v) is 4.11. The molecule has 0 saturated carbocycles. The molecule has 0 heterocycles. The van der Waals surface area contributed by atoms with Gasteiger partial charge in [0.05, 0.1) is 7.11 Å². The van der Waals surface area contributed by atoms with Gasteiger partial charge in [-0.2, -0.15) is 0 Å². The lowest BCUT2D eigenvalue weighted by atomic mass is 10.1. The lowest BCUT2D eigenvalue weighted by Crippen LogP contribution is -2.35. The average Bonchev–Trinajstić information content (AvgIpc) is 2.42. The van der Waals surface area contributed by atoms with E-state index < -0.39 is 0 Å². The average molecular weight is 250 g/mol. The maximum atomic E-state index is 11.5. The van der Waals surface area contributed by atoms with Crippen molar-refractivity contribution in [2.24, 2.45) is 0 Å². The van der Waals surface area contributed by atoms with Crippen LogP contribution in [0.5, 0.6) is 5.75 Å². The number of hydrogen-bond donors (Lipinski definition) is 2. The smallest absolute Gasteiger partial charge is 0.315 e. The van der Waals surface area contributed by atoms with Gasteiger partial charge in [0.1, 0.15) is 5.75 Å². The van der Waals surface area contributed by atoms with Crippen molar-refractivity contribution in [3.63, 3.8) is 0 Å². The first kappa shape index (κ1) is 14.4. The molecular weight excluding hydrogens is 228 g/mol. The Balaban J connectivity index is 2.62. The summed E-state index contributed by atoms with van der Waals surface area (Å²) in [6, 6.07) is 5.92. The Morgan fingerprint density at radius 2 is 2.06 bits per heavy atom. The minimum atomic E-state index is -0.138. The Labute approximate surface area is 109 Å². The van der Waals surface area contributed by atoms with Gasteiger partial charge in [-0.05, 0) is 24.5 Å². The molecule has 1 rings (SSSR count). The number of urea groups is 1. The number of carbonyl (C=O) groups excluding carboxylic acids is 1. The van der Waals surface area contributed by atoms with Gasteiger partial charge in [0, 0.05) is 18.7 Å². The van der Waals surface area contributed by atoms with E-state index in [2.05, 4.69) is 23.6 Å². The molecule has 0 spiro atoms. The van der Waals surface area contributed by atoms with Crippen molar-refractivity contribution in [3.05, 3.63) is 29.3 Å². The van der Waals surface area contributed by atoms with E-state index in [4.69, 9.17) is 4.74 Å². The van der Waals surface area contributed by atoms with Gasteiger partial charge in [0.25, 0.3) is 0 Å². The Morgan fingerprint density at radius 3 is 2.67 bits per heavy atom. The van der Waals surface area contributed by atoms with Gasteiger partial charge in [-0.25, -0.2) is 4.79 Å². The fourth-order valence-electron chi connectivity index (χ4n) is 1.67. The van der Waals surface area contributed by atoms with Crippen molar-refractivity contribution in [2.75, 3.05) is 13.7 Å². The quantitative estimate of drug-likeness (QED) is 0.815. The van der Waals surface area contributed by atoms with Gasteiger partial charge in [-0.1, -0.05) is 26.0 Å². The second kappa shape index (κ2) is 7.58. The van der Waals surface area contributed by atoms with Crippen molar-refractivity contribution in [1.29, 1.82) is 0 Å². The Bertz CT molecular complexity index is 391. The lowest BCUT2D eigenvalue weighted by molar-refractivity contribution is 0.240. The van der Waals surface area contributed by atoms with Crippen molar-refractivity contribution >= 4 is 6.03 Å². The molecule has 0 aliphatic carbocycles. The number of amides is 2. The molecule has 1 aromatic rings. The van der Waals surface area contributed by atoms with Gasteiger partial charge < -0.3 is 15.4 Å². The molecule has 0 radical (unpaired) electrons. The van der Waals surface area contributed by atoms with E-state index >= 15 is 0 Å². The van der Waals surface area contributed by atoms with Crippen molar-refractivity contribution < 1.29 is 9.53 Å². The van der Waals surface area contributed by atoms with Crippen LogP contribution in [0.3, 0.4) is 0 Å². The molecule has 0 aromatic heterocycles. The number of methoxy groups -OCH3 is 1. The van der Waals surface area contributed by atoms with Crippen molar-refractivity contribution in [3.8, 4) is 5.75 Å². The fourth-order valence-corrected chi connectivity index (χ4v) is 1.67. The van der Waals surface area contributed by atoms with E-state index in [1.807, 2.05) is 19.1 Å². The predicted octanol–water partition coefficient (Wildman–Crippen LogP) is 2.47. The van der Waals surface area contributed by atoms with Crippen LogP contribution in [0.25, 0.3) is 0 Å². The van der Waals surface area contributed by atoms with E-state index in [1.165, 1.54) is 5.56 Å². The third-order valence-corrected chi connectivity index (χ3v) is 2.73. The predicted molar refractivity (Wildman–Crippen MR) is 72.9 cm³/mol. The number of nitrogens with one attached hydrogen (secondary N) is 2. The second-order valence-electron chi connectivity index (χ2n) is 4.11. The summed E-state index contributed by atoms with van der Waals surface area (Å²) in [4.78, 5) is 11.5. The van der Waals surface area contributed by atoms with Gasteiger partial charge in [0.2, 0.25) is 0 Å². The summed E-state index contributed by atoms with van der Waals surface area (Å²) in [5.74, 6) is 0.808. The molecule has 2 N–H and O–H groups in total. The van der Waals surface area contributed by atoms with Crippen molar-refractivity contribution in [2.45, 2.75) is 33.2 Å². The number of benzene rings is 1. The van der Waals surface area contributed by atoms with E-state index in [1.54, 1.807) is 7.11 Å². The largest absolute Gasteiger partial charge is 0.496 e. The first-order valence-electron chi connectivity index (χ1n) is 6.38. The van der Waals surface area contributed by atoms with E-state index in [-0.39, 0.29) is 6.03 Å². The number of carbonyl (C=O) groups is 1. The maximum absolute atomic E-state index is 11.5. The third-order valence-electron chi connectivity index (χ3n) is 2.73. The highest BCUT2D eigenvalue weighted by Crippen LogP contribution is 2.19. The highest BCUT2D eigenvalue weighted by atomic mass is 16.5. The minimum Gasteiger partial charge on any atom is -0.496 e. The highest BCUT2D eigenvalue weighted by molar-refractivity contribution is 5.73. The van der Waals surface area contributed by atoms with Crippen LogP contribution in [0.1, 0.15) is 31.4 Å². The van der Waals surface area contributed by atoms with Gasteiger partial charge >= 0.3 is 6.03 Å². The van der Waals surface area contributed by atoms with Gasteiger partial charge in [0.15, 0.2) is 0 Å². The molecule has 4 heteroatoms. The van der Waals surface area contributed by atoms with Crippen molar-refractivity contribution in [1.82, 2.24) is 10.6 Å². The summed E-state index contributed by atoms with van der Waals surface area (Å²) < 4.78 is 5.29. The van der Waals surface area contributed by atoms with Crippen LogP contribution < -0.4 is 15.4 Å². The molecule has 0 atom stereocenters. The molecule has 100 valence electrons. The standard InChI is InChI=1S/C14H22N2O2/c1-4-8-15-14(17)16-10-12-9-11(5-2)6-7-13(12)18-3/h6-7,9H,4-5,8,10H2,1-3H3,(H2,15,16,17). The molecule has 0 fully saturated rings. The van der Waals surface area contributed by atoms with Gasteiger partial charge in [-0.15, -0.1) is 0 Å². The molecule has 1 aromatic carbocycles. The van der Waals surface area contributed by atoms with Crippen LogP contribution in [0.2, 0.25) is 0 Å². The lowest BCUT2D eigenvalue weighted by Gasteiger charge is -2.11. The van der Waals surface area contributed by atoms with Crippen LogP contribution >= 0.6 is 0 Å². The van der Waals surface area contributed by atoms with Crippen LogP contribution in [-0.4, -0.2) is 19.7 Å². The molecular formula is C14H22N2O2. The van der Waals surface area contributed by atoms with Crippen LogP contribution in [0, 0.1) is 0 Å². The zero-order chi connectivity index (χ0) is 13.4. The molecule has 2 amide bonds. The molecule has 0 bridgehead atoms. The Hall–Kier alpha value is -1.71. The first-order chi connectivity index (χ1) is 8.71. The number of aryl methyl sites for hydroxylation is 1. The monoisotopic (exact) mass is 250 g/mol. The van der Waals surface area contributed by atoms with E-state index in [9.17, 15) is 4.79 Å². The molecule has 0 aliphatic rings. The molecule has 18 heavy (non-hydrogen) atoms. The Morgan fingerprint density at radius 1 is 1.28 bits per heavy atom. The summed E-state index contributed by atoms with van der Waals surface area (Å²) in [7, 11) is 1.64. The SMILES string of the molecule is CCCNC(=O)NCc1cc(CC)ccc1OC. The topological polar surface area (TPSA) is 50.4 Å². The zero-order valence-corrected chi connectivity index (χ0v) is 11.4. The molecule has 0 saturated heterocycles. The summed E-state index contributed by atoms with van der Waals surface area (Å²) in [6.07, 6.45) is 1.90.